The third kappa shape index (κ3) is 3.88. The highest BCUT2D eigenvalue weighted by molar-refractivity contribution is 6.36. The van der Waals surface area contributed by atoms with Gasteiger partial charge >= 0.3 is 0 Å². The molecule has 1 unspecified atom stereocenters. The molecule has 0 bridgehead atoms. The monoisotopic (exact) mass is 462 g/mol. The van der Waals surface area contributed by atoms with E-state index in [-0.39, 0.29) is 5.95 Å². The molecule has 0 spiro atoms. The molecule has 2 fully saturated rings. The van der Waals surface area contributed by atoms with E-state index in [0.717, 1.165) is 31.9 Å². The first-order valence-electron chi connectivity index (χ1n) is 11.0. The van der Waals surface area contributed by atoms with Crippen LogP contribution in [0.25, 0.3) is 5.65 Å². The van der Waals surface area contributed by atoms with Crippen molar-refractivity contribution in [2.24, 2.45) is 0 Å². The summed E-state index contributed by atoms with van der Waals surface area (Å²) in [5, 5.41) is 30.3. The van der Waals surface area contributed by atoms with E-state index >= 15 is 0 Å². The van der Waals surface area contributed by atoms with Gasteiger partial charge in [-0.3, -0.25) is 4.90 Å². The van der Waals surface area contributed by atoms with E-state index in [9.17, 15) is 10.5 Å². The van der Waals surface area contributed by atoms with Gasteiger partial charge in [-0.1, -0.05) is 11.6 Å². The van der Waals surface area contributed by atoms with E-state index < -0.39 is 0 Å². The normalized spacial score (nSPS) is 18.1. The molecule has 2 N–H and O–H groups in total. The lowest BCUT2D eigenvalue weighted by Gasteiger charge is -2.39. The van der Waals surface area contributed by atoms with Crippen molar-refractivity contribution in [1.29, 1.82) is 10.5 Å². The number of halogens is 1. The zero-order valence-electron chi connectivity index (χ0n) is 18.2. The maximum Gasteiger partial charge on any atom is 0.247 e. The third-order valence-electron chi connectivity index (χ3n) is 6.18. The Labute approximate surface area is 196 Å². The van der Waals surface area contributed by atoms with E-state index in [4.69, 9.17) is 11.6 Å². The van der Waals surface area contributed by atoms with Crippen LogP contribution in [0.4, 0.5) is 23.1 Å². The van der Waals surface area contributed by atoms with Gasteiger partial charge in [0.05, 0.1) is 34.2 Å². The van der Waals surface area contributed by atoms with Gasteiger partial charge in [0, 0.05) is 32.2 Å². The molecule has 2 aliphatic heterocycles. The van der Waals surface area contributed by atoms with E-state index in [2.05, 4.69) is 47.6 Å². The Morgan fingerprint density at radius 1 is 1.21 bits per heavy atom. The minimum Gasteiger partial charge on any atom is -0.367 e. The number of fused-ring (bicyclic) bond motifs is 2. The zero-order valence-corrected chi connectivity index (χ0v) is 19.0. The average molecular weight is 463 g/mol. The molecule has 33 heavy (non-hydrogen) atoms. The number of aromatic nitrogens is 4. The van der Waals surface area contributed by atoms with E-state index in [1.54, 1.807) is 6.07 Å². The van der Waals surface area contributed by atoms with Crippen LogP contribution >= 0.6 is 11.6 Å². The highest BCUT2D eigenvalue weighted by Crippen LogP contribution is 2.37. The van der Waals surface area contributed by atoms with Gasteiger partial charge in [0.15, 0.2) is 17.2 Å². The Kier molecular flexibility index (Phi) is 5.63. The Morgan fingerprint density at radius 2 is 2.09 bits per heavy atom. The summed E-state index contributed by atoms with van der Waals surface area (Å²) >= 11 is 6.85. The molecule has 3 aromatic rings. The largest absolute Gasteiger partial charge is 0.367 e. The maximum absolute atomic E-state index is 9.65. The molecule has 0 saturated carbocycles. The van der Waals surface area contributed by atoms with Crippen LogP contribution in [0, 0.1) is 22.7 Å². The van der Waals surface area contributed by atoms with Gasteiger partial charge in [-0.15, -0.1) is 5.10 Å². The topological polar surface area (TPSA) is 121 Å². The first-order valence-corrected chi connectivity index (χ1v) is 11.4. The highest BCUT2D eigenvalue weighted by Gasteiger charge is 2.31. The SMILES string of the molecule is CCNc1nc(Nc2cc(C#N)cc(N3CCN4CCCC4C3)c2Cl)nn2c(C#N)cnc12. The summed E-state index contributed by atoms with van der Waals surface area (Å²) in [5.74, 6) is 0.748. The van der Waals surface area contributed by atoms with Gasteiger partial charge in [0.2, 0.25) is 5.95 Å². The second kappa shape index (κ2) is 8.74. The van der Waals surface area contributed by atoms with Gasteiger partial charge < -0.3 is 15.5 Å². The smallest absolute Gasteiger partial charge is 0.247 e. The fourth-order valence-corrected chi connectivity index (χ4v) is 4.90. The Hall–Kier alpha value is -3.60. The molecule has 0 radical (unpaired) electrons. The van der Waals surface area contributed by atoms with Crippen molar-refractivity contribution in [2.75, 3.05) is 48.3 Å². The third-order valence-corrected chi connectivity index (χ3v) is 6.58. The molecule has 2 aliphatic rings. The highest BCUT2D eigenvalue weighted by atomic mass is 35.5. The van der Waals surface area contributed by atoms with Gasteiger partial charge in [0.25, 0.3) is 0 Å². The summed E-state index contributed by atoms with van der Waals surface area (Å²) in [4.78, 5) is 13.6. The number of imidazole rings is 1. The van der Waals surface area contributed by atoms with Crippen molar-refractivity contribution in [1.82, 2.24) is 24.5 Å². The van der Waals surface area contributed by atoms with Crippen molar-refractivity contribution < 1.29 is 0 Å². The lowest BCUT2D eigenvalue weighted by Crippen LogP contribution is -2.50. The molecule has 10 nitrogen and oxygen atoms in total. The molecule has 5 rings (SSSR count). The van der Waals surface area contributed by atoms with Crippen molar-refractivity contribution in [3.8, 4) is 12.1 Å². The van der Waals surface area contributed by atoms with Crippen LogP contribution in [-0.4, -0.2) is 63.2 Å². The molecule has 11 heteroatoms. The lowest BCUT2D eigenvalue weighted by atomic mass is 10.1. The fourth-order valence-electron chi connectivity index (χ4n) is 4.62. The van der Waals surface area contributed by atoms with Crippen molar-refractivity contribution in [3.05, 3.63) is 34.6 Å². The molecule has 0 aliphatic carbocycles. The summed E-state index contributed by atoms with van der Waals surface area (Å²) in [6.07, 6.45) is 3.87. The van der Waals surface area contributed by atoms with Crippen LogP contribution in [0.15, 0.2) is 18.3 Å². The second-order valence-electron chi connectivity index (χ2n) is 8.18. The molecule has 2 saturated heterocycles. The van der Waals surface area contributed by atoms with Crippen LogP contribution in [0.5, 0.6) is 0 Å². The first kappa shape index (κ1) is 21.3. The summed E-state index contributed by atoms with van der Waals surface area (Å²) in [7, 11) is 0. The van der Waals surface area contributed by atoms with Crippen LogP contribution in [0.3, 0.4) is 0 Å². The van der Waals surface area contributed by atoms with Crippen LogP contribution in [0.2, 0.25) is 5.02 Å². The lowest BCUT2D eigenvalue weighted by molar-refractivity contribution is 0.231. The first-order chi connectivity index (χ1) is 16.1. The molecule has 168 valence electrons. The molecule has 4 heterocycles. The Morgan fingerprint density at radius 3 is 2.88 bits per heavy atom. The summed E-state index contributed by atoms with van der Waals surface area (Å²) in [6.45, 7) is 6.47. The van der Waals surface area contributed by atoms with E-state index in [1.165, 1.54) is 23.6 Å². The van der Waals surface area contributed by atoms with E-state index in [1.807, 2.05) is 13.0 Å². The number of anilines is 4. The number of benzene rings is 1. The van der Waals surface area contributed by atoms with Gasteiger partial charge in [-0.2, -0.15) is 20.0 Å². The predicted molar refractivity (Wildman–Crippen MR) is 126 cm³/mol. The minimum atomic E-state index is 0.247. The standard InChI is InChI=1S/C22H23ClN10/c1-2-26-20-21-27-12-16(11-25)33(21)30-22(29-20)28-17-8-14(10-24)9-18(19(17)23)32-7-6-31-5-3-4-15(31)13-32/h8-9,12,15H,2-7,13H2,1H3,(H2,26,28,29,30). The number of piperazine rings is 1. The molecular formula is C22H23ClN10. The number of nitrogens with one attached hydrogen (secondary N) is 2. The minimum absolute atomic E-state index is 0.247. The fraction of sp³-hybridized carbons (Fsp3) is 0.409. The summed E-state index contributed by atoms with van der Waals surface area (Å²) < 4.78 is 1.44. The van der Waals surface area contributed by atoms with Gasteiger partial charge in [0.1, 0.15) is 6.07 Å². The second-order valence-corrected chi connectivity index (χ2v) is 8.55. The quantitative estimate of drug-likeness (QED) is 0.589. The summed E-state index contributed by atoms with van der Waals surface area (Å²) in [6, 6.07) is 8.38. The van der Waals surface area contributed by atoms with Crippen LogP contribution < -0.4 is 15.5 Å². The van der Waals surface area contributed by atoms with Crippen LogP contribution in [-0.2, 0) is 0 Å². The van der Waals surface area contributed by atoms with Crippen molar-refractivity contribution >= 4 is 40.4 Å². The number of hydrogen-bond donors (Lipinski definition) is 2. The average Bonchev–Trinajstić information content (AvgIpc) is 3.47. The number of rotatable bonds is 5. The molecule has 1 aromatic carbocycles. The van der Waals surface area contributed by atoms with E-state index in [0.29, 0.717) is 46.0 Å². The Balaban J connectivity index is 1.52. The molecule has 1 atom stereocenters. The Bertz CT molecular complexity index is 1290. The number of hydrogen-bond acceptors (Lipinski definition) is 9. The van der Waals surface area contributed by atoms with Gasteiger partial charge in [-0.25, -0.2) is 4.98 Å². The number of nitrogens with zero attached hydrogens (tertiary/aromatic N) is 8. The van der Waals surface area contributed by atoms with Crippen molar-refractivity contribution in [2.45, 2.75) is 25.8 Å². The molecular weight excluding hydrogens is 440 g/mol. The molecule has 0 amide bonds. The van der Waals surface area contributed by atoms with Crippen LogP contribution in [0.1, 0.15) is 31.0 Å². The predicted octanol–water partition coefficient (Wildman–Crippen LogP) is 2.98. The molecule has 2 aromatic heterocycles. The maximum atomic E-state index is 9.65. The summed E-state index contributed by atoms with van der Waals surface area (Å²) in [5.41, 5.74) is 2.63. The zero-order chi connectivity index (χ0) is 22.9. The van der Waals surface area contributed by atoms with Gasteiger partial charge in [-0.05, 0) is 38.4 Å². The van der Waals surface area contributed by atoms with Crippen molar-refractivity contribution in [3.63, 3.8) is 0 Å². The number of nitriles is 2.